The Hall–Kier alpha value is -2.67. The van der Waals surface area contributed by atoms with Gasteiger partial charge in [0.25, 0.3) is 5.91 Å². The smallest absolute Gasteiger partial charge is 0.290 e. The summed E-state index contributed by atoms with van der Waals surface area (Å²) < 4.78 is 11.5. The van der Waals surface area contributed by atoms with Crippen molar-refractivity contribution in [1.82, 2.24) is 9.80 Å². The fourth-order valence-corrected chi connectivity index (χ4v) is 5.20. The van der Waals surface area contributed by atoms with E-state index in [-0.39, 0.29) is 22.5 Å². The lowest BCUT2D eigenvalue weighted by atomic mass is 9.86. The van der Waals surface area contributed by atoms with E-state index in [0.29, 0.717) is 28.1 Å². The van der Waals surface area contributed by atoms with E-state index in [1.54, 1.807) is 23.1 Å². The van der Waals surface area contributed by atoms with Crippen LogP contribution in [0.5, 0.6) is 0 Å². The molecule has 5 rings (SSSR count). The molecule has 3 heterocycles. The van der Waals surface area contributed by atoms with Gasteiger partial charge in [0.2, 0.25) is 5.76 Å². The maximum atomic E-state index is 13.7. The number of ether oxygens (including phenoxy) is 1. The highest BCUT2D eigenvalue weighted by Crippen LogP contribution is 2.39. The van der Waals surface area contributed by atoms with Crippen LogP contribution in [0.4, 0.5) is 0 Å². The first kappa shape index (κ1) is 24.0. The summed E-state index contributed by atoms with van der Waals surface area (Å²) in [4.78, 5) is 31.4. The van der Waals surface area contributed by atoms with Crippen LogP contribution in [0.2, 0.25) is 5.02 Å². The van der Waals surface area contributed by atoms with Gasteiger partial charge >= 0.3 is 0 Å². The van der Waals surface area contributed by atoms with Crippen molar-refractivity contribution >= 4 is 28.5 Å². The highest BCUT2D eigenvalue weighted by Gasteiger charge is 2.42. The Bertz CT molecular complexity index is 1300. The van der Waals surface area contributed by atoms with Gasteiger partial charge < -0.3 is 14.1 Å². The van der Waals surface area contributed by atoms with Gasteiger partial charge in [-0.15, -0.1) is 0 Å². The number of carbonyl (C=O) groups is 1. The number of halogens is 1. The molecule has 0 spiro atoms. The van der Waals surface area contributed by atoms with Crippen molar-refractivity contribution in [3.8, 4) is 0 Å². The number of hydrogen-bond donors (Lipinski definition) is 0. The number of morpholine rings is 1. The van der Waals surface area contributed by atoms with Gasteiger partial charge in [-0.2, -0.15) is 0 Å². The molecule has 0 N–H and O–H groups in total. The summed E-state index contributed by atoms with van der Waals surface area (Å²) >= 11 is 6.18. The van der Waals surface area contributed by atoms with Gasteiger partial charge in [-0.3, -0.25) is 14.5 Å². The fraction of sp³-hybridized carbons (Fsp3) is 0.429. The van der Waals surface area contributed by atoms with Crippen molar-refractivity contribution in [2.24, 2.45) is 0 Å². The number of benzene rings is 2. The third kappa shape index (κ3) is 4.63. The molecule has 3 aromatic rings. The van der Waals surface area contributed by atoms with Crippen LogP contribution in [0.25, 0.3) is 11.0 Å². The van der Waals surface area contributed by atoms with Gasteiger partial charge in [-0.25, -0.2) is 0 Å². The van der Waals surface area contributed by atoms with Crippen molar-refractivity contribution in [3.63, 3.8) is 0 Å². The Kier molecular flexibility index (Phi) is 6.47. The largest absolute Gasteiger partial charge is 0.450 e. The van der Waals surface area contributed by atoms with Crippen molar-refractivity contribution in [2.75, 3.05) is 39.4 Å². The Morgan fingerprint density at radius 2 is 1.71 bits per heavy atom. The molecule has 0 aliphatic carbocycles. The minimum absolute atomic E-state index is 0.00571. The maximum absolute atomic E-state index is 13.7. The molecule has 1 saturated heterocycles. The van der Waals surface area contributed by atoms with Crippen LogP contribution in [-0.2, 0) is 10.2 Å². The average Bonchev–Trinajstić information content (AvgIpc) is 3.12. The highest BCUT2D eigenvalue weighted by molar-refractivity contribution is 6.31. The van der Waals surface area contributed by atoms with E-state index in [1.807, 2.05) is 12.1 Å². The SMILES string of the molecule is CC(C)(C)c1ccc([C@H]2c3c(oc4ccc(Cl)cc4c3=O)C(=O)N2CCCN2CCOCC2)cc1. The number of carbonyl (C=O) groups excluding carboxylic acids is 1. The van der Waals surface area contributed by atoms with E-state index < -0.39 is 6.04 Å². The molecule has 1 fully saturated rings. The van der Waals surface area contributed by atoms with Crippen LogP contribution in [0.3, 0.4) is 0 Å². The Morgan fingerprint density at radius 3 is 2.40 bits per heavy atom. The Labute approximate surface area is 210 Å². The predicted molar refractivity (Wildman–Crippen MR) is 137 cm³/mol. The summed E-state index contributed by atoms with van der Waals surface area (Å²) in [5, 5.41) is 0.859. The van der Waals surface area contributed by atoms with Crippen molar-refractivity contribution < 1.29 is 13.9 Å². The molecule has 2 aliphatic heterocycles. The van der Waals surface area contributed by atoms with Gasteiger partial charge in [0.05, 0.1) is 30.2 Å². The second-order valence-corrected chi connectivity index (χ2v) is 10.8. The lowest BCUT2D eigenvalue weighted by Crippen LogP contribution is -2.38. The van der Waals surface area contributed by atoms with Gasteiger partial charge in [0, 0.05) is 31.2 Å². The normalized spacial score (nSPS) is 18.9. The summed E-state index contributed by atoms with van der Waals surface area (Å²) in [7, 11) is 0. The van der Waals surface area contributed by atoms with Gasteiger partial charge in [0.15, 0.2) is 5.43 Å². The van der Waals surface area contributed by atoms with E-state index in [2.05, 4.69) is 37.8 Å². The van der Waals surface area contributed by atoms with Gasteiger partial charge in [0.1, 0.15) is 5.58 Å². The second kappa shape index (κ2) is 9.41. The third-order valence-electron chi connectivity index (χ3n) is 7.00. The molecule has 0 bridgehead atoms. The maximum Gasteiger partial charge on any atom is 0.290 e. The summed E-state index contributed by atoms with van der Waals surface area (Å²) in [5.41, 5.74) is 2.69. The zero-order chi connectivity index (χ0) is 24.7. The number of hydrogen-bond acceptors (Lipinski definition) is 5. The van der Waals surface area contributed by atoms with Crippen LogP contribution in [0.1, 0.15) is 60.5 Å². The van der Waals surface area contributed by atoms with E-state index in [0.717, 1.165) is 44.8 Å². The van der Waals surface area contributed by atoms with Crippen LogP contribution in [-0.4, -0.2) is 55.1 Å². The Balaban J connectivity index is 1.54. The first-order valence-electron chi connectivity index (χ1n) is 12.2. The molecular formula is C28H31ClN2O4. The molecule has 0 unspecified atom stereocenters. The van der Waals surface area contributed by atoms with Crippen LogP contribution >= 0.6 is 11.6 Å². The molecule has 6 nitrogen and oxygen atoms in total. The first-order valence-corrected chi connectivity index (χ1v) is 12.6. The number of nitrogens with zero attached hydrogens (tertiary/aromatic N) is 2. The molecule has 0 radical (unpaired) electrons. The summed E-state index contributed by atoms with van der Waals surface area (Å²) in [6, 6.07) is 12.7. The fourth-order valence-electron chi connectivity index (χ4n) is 5.02. The molecule has 35 heavy (non-hydrogen) atoms. The number of fused-ring (bicyclic) bond motifs is 2. The van der Waals surface area contributed by atoms with E-state index >= 15 is 0 Å². The molecule has 184 valence electrons. The number of rotatable bonds is 5. The van der Waals surface area contributed by atoms with Gasteiger partial charge in [-0.05, 0) is 41.2 Å². The zero-order valence-electron chi connectivity index (χ0n) is 20.5. The third-order valence-corrected chi connectivity index (χ3v) is 7.23. The zero-order valence-corrected chi connectivity index (χ0v) is 21.2. The van der Waals surface area contributed by atoms with Gasteiger partial charge in [-0.1, -0.05) is 56.6 Å². The monoisotopic (exact) mass is 494 g/mol. The predicted octanol–water partition coefficient (Wildman–Crippen LogP) is 5.01. The minimum Gasteiger partial charge on any atom is -0.450 e. The lowest BCUT2D eigenvalue weighted by molar-refractivity contribution is 0.0353. The number of amides is 1. The van der Waals surface area contributed by atoms with Crippen LogP contribution in [0, 0.1) is 0 Å². The van der Waals surface area contributed by atoms with E-state index in [4.69, 9.17) is 20.8 Å². The van der Waals surface area contributed by atoms with Crippen molar-refractivity contribution in [3.05, 3.63) is 80.2 Å². The Morgan fingerprint density at radius 1 is 1.00 bits per heavy atom. The summed E-state index contributed by atoms with van der Waals surface area (Å²) in [6.45, 7) is 11.2. The van der Waals surface area contributed by atoms with Crippen LogP contribution in [0.15, 0.2) is 51.7 Å². The molecule has 2 aromatic carbocycles. The average molecular weight is 495 g/mol. The summed E-state index contributed by atoms with van der Waals surface area (Å²) in [6.07, 6.45) is 0.801. The molecule has 0 saturated carbocycles. The molecular weight excluding hydrogens is 464 g/mol. The minimum atomic E-state index is -0.490. The quantitative estimate of drug-likeness (QED) is 0.499. The molecule has 7 heteroatoms. The molecule has 2 aliphatic rings. The second-order valence-electron chi connectivity index (χ2n) is 10.4. The standard InChI is InChI=1S/C28H31ClN2O4/c1-28(2,3)19-7-5-18(6-8-19)24-23-25(32)21-17-20(29)9-10-22(21)35-26(23)27(33)31(24)12-4-11-30-13-15-34-16-14-30/h5-10,17,24H,4,11-16H2,1-3H3/t24-/m0/s1. The highest BCUT2D eigenvalue weighted by atomic mass is 35.5. The van der Waals surface area contributed by atoms with Crippen LogP contribution < -0.4 is 5.43 Å². The van der Waals surface area contributed by atoms with Crippen molar-refractivity contribution in [1.29, 1.82) is 0 Å². The topological polar surface area (TPSA) is 63.0 Å². The van der Waals surface area contributed by atoms with E-state index in [9.17, 15) is 9.59 Å². The van der Waals surface area contributed by atoms with Crippen molar-refractivity contribution in [2.45, 2.75) is 38.6 Å². The first-order chi connectivity index (χ1) is 16.7. The molecule has 1 atom stereocenters. The lowest BCUT2D eigenvalue weighted by Gasteiger charge is -2.29. The molecule has 1 amide bonds. The van der Waals surface area contributed by atoms with E-state index in [1.165, 1.54) is 5.56 Å². The molecule has 1 aromatic heterocycles. The summed E-state index contributed by atoms with van der Waals surface area (Å²) in [5.74, 6) is -0.0954.